The van der Waals surface area contributed by atoms with E-state index in [1.165, 1.54) is 0 Å². The van der Waals surface area contributed by atoms with Crippen molar-refractivity contribution in [2.24, 2.45) is 0 Å². The van der Waals surface area contributed by atoms with Gasteiger partial charge in [-0.2, -0.15) is 0 Å². The van der Waals surface area contributed by atoms with Crippen molar-refractivity contribution in [1.82, 2.24) is 5.32 Å². The number of rotatable bonds is 3. The highest BCUT2D eigenvalue weighted by molar-refractivity contribution is 6.30. The summed E-state index contributed by atoms with van der Waals surface area (Å²) < 4.78 is 0. The fourth-order valence-corrected chi connectivity index (χ4v) is 2.63. The lowest BCUT2D eigenvalue weighted by molar-refractivity contribution is -0.123. The molecule has 1 saturated carbocycles. The van der Waals surface area contributed by atoms with Crippen LogP contribution in [0, 0.1) is 11.8 Å². The zero-order valence-electron chi connectivity index (χ0n) is 12.1. The van der Waals surface area contributed by atoms with Crippen LogP contribution in [0.1, 0.15) is 24.0 Å². The molecule has 0 unspecified atom stereocenters. The molecule has 0 spiro atoms. The number of carbonyl (C=O) groups is 1. The Morgan fingerprint density at radius 3 is 2.41 bits per heavy atom. The summed E-state index contributed by atoms with van der Waals surface area (Å²) in [6.45, 7) is 0.364. The van der Waals surface area contributed by atoms with E-state index in [0.29, 0.717) is 11.6 Å². The molecule has 0 atom stereocenters. The number of nitrogens with one attached hydrogen (secondary N) is 1. The van der Waals surface area contributed by atoms with Gasteiger partial charge in [0, 0.05) is 10.6 Å². The van der Waals surface area contributed by atoms with Crippen molar-refractivity contribution in [3.8, 4) is 11.8 Å². The van der Waals surface area contributed by atoms with Crippen molar-refractivity contribution in [2.45, 2.75) is 18.3 Å². The Morgan fingerprint density at radius 1 is 1.09 bits per heavy atom. The minimum absolute atomic E-state index is 0.0529. The Bertz CT molecular complexity index is 722. The van der Waals surface area contributed by atoms with Gasteiger partial charge in [-0.05, 0) is 42.7 Å². The van der Waals surface area contributed by atoms with Gasteiger partial charge in [-0.25, -0.2) is 0 Å². The lowest BCUT2D eigenvalue weighted by Crippen LogP contribution is -2.34. The van der Waals surface area contributed by atoms with Gasteiger partial charge in [-0.1, -0.05) is 53.8 Å². The number of halogens is 1. The van der Waals surface area contributed by atoms with Crippen molar-refractivity contribution in [1.29, 1.82) is 0 Å². The normalized spacial score (nSPS) is 14.6. The number of hydrogen-bond acceptors (Lipinski definition) is 1. The molecule has 0 aliphatic heterocycles. The molecule has 0 heterocycles. The Balaban J connectivity index is 1.61. The summed E-state index contributed by atoms with van der Waals surface area (Å²) in [5, 5.41) is 3.61. The number of carbonyl (C=O) groups excluding carboxylic acids is 1. The molecule has 22 heavy (non-hydrogen) atoms. The quantitative estimate of drug-likeness (QED) is 0.863. The van der Waals surface area contributed by atoms with Gasteiger partial charge in [0.15, 0.2) is 0 Å². The Hall–Kier alpha value is -2.24. The lowest BCUT2D eigenvalue weighted by Gasteiger charge is -2.14. The molecule has 2 aromatic rings. The third-order valence-corrected chi connectivity index (χ3v) is 4.18. The average molecular weight is 310 g/mol. The van der Waals surface area contributed by atoms with Gasteiger partial charge in [0.2, 0.25) is 5.91 Å². The van der Waals surface area contributed by atoms with E-state index >= 15 is 0 Å². The predicted octanol–water partition coefficient (Wildman–Crippen LogP) is 3.54. The molecule has 1 aliphatic rings. The van der Waals surface area contributed by atoms with Crippen LogP contribution in [0.2, 0.25) is 5.02 Å². The van der Waals surface area contributed by atoms with Crippen LogP contribution < -0.4 is 5.32 Å². The second kappa shape index (κ2) is 6.25. The number of benzene rings is 2. The summed E-state index contributed by atoms with van der Waals surface area (Å²) in [7, 11) is 0. The van der Waals surface area contributed by atoms with E-state index < -0.39 is 0 Å². The van der Waals surface area contributed by atoms with Crippen molar-refractivity contribution < 1.29 is 4.79 Å². The molecule has 0 bridgehead atoms. The molecule has 2 nitrogen and oxygen atoms in total. The summed E-state index contributed by atoms with van der Waals surface area (Å²) >= 11 is 5.90. The van der Waals surface area contributed by atoms with Crippen LogP contribution in [0.25, 0.3) is 0 Å². The SMILES string of the molecule is O=C(NCC#Cc1ccccc1)C1(c2ccc(Cl)cc2)CC1. The molecule has 1 fully saturated rings. The Labute approximate surface area is 135 Å². The van der Waals surface area contributed by atoms with Crippen molar-refractivity contribution in [2.75, 3.05) is 6.54 Å². The summed E-state index contributed by atoms with van der Waals surface area (Å²) in [4.78, 5) is 12.4. The van der Waals surface area contributed by atoms with E-state index in [-0.39, 0.29) is 11.3 Å². The summed E-state index contributed by atoms with van der Waals surface area (Å²) in [5.41, 5.74) is 1.61. The standard InChI is InChI=1S/C19H16ClNO/c20-17-10-8-16(9-11-17)19(12-13-19)18(22)21-14-4-7-15-5-2-1-3-6-15/h1-3,5-6,8-11H,12-14H2,(H,21,22). The van der Waals surface area contributed by atoms with Gasteiger partial charge in [0.25, 0.3) is 0 Å². The minimum atomic E-state index is -0.376. The van der Waals surface area contributed by atoms with Crippen LogP contribution >= 0.6 is 11.6 Å². The maximum absolute atomic E-state index is 12.4. The van der Waals surface area contributed by atoms with Crippen molar-refractivity contribution in [3.63, 3.8) is 0 Å². The Kier molecular flexibility index (Phi) is 4.18. The van der Waals surface area contributed by atoms with Gasteiger partial charge in [0.05, 0.1) is 12.0 Å². The first kappa shape index (κ1) is 14.7. The average Bonchev–Trinajstić information content (AvgIpc) is 3.35. The third kappa shape index (κ3) is 3.16. The molecule has 2 aromatic carbocycles. The van der Waals surface area contributed by atoms with Crippen LogP contribution in [0.4, 0.5) is 0 Å². The van der Waals surface area contributed by atoms with E-state index in [1.54, 1.807) is 0 Å². The predicted molar refractivity (Wildman–Crippen MR) is 88.7 cm³/mol. The first-order valence-corrected chi connectivity index (χ1v) is 7.67. The van der Waals surface area contributed by atoms with Gasteiger partial charge in [-0.3, -0.25) is 4.79 Å². The lowest BCUT2D eigenvalue weighted by atomic mass is 9.95. The van der Waals surface area contributed by atoms with Crippen molar-refractivity contribution >= 4 is 17.5 Å². The third-order valence-electron chi connectivity index (χ3n) is 3.93. The maximum Gasteiger partial charge on any atom is 0.231 e. The van der Waals surface area contributed by atoms with E-state index in [4.69, 9.17) is 11.6 Å². The molecular weight excluding hydrogens is 294 g/mol. The van der Waals surface area contributed by atoms with E-state index in [1.807, 2.05) is 54.6 Å². The molecular formula is C19H16ClNO. The van der Waals surface area contributed by atoms with E-state index in [2.05, 4.69) is 17.2 Å². The van der Waals surface area contributed by atoms with E-state index in [0.717, 1.165) is 24.0 Å². The molecule has 110 valence electrons. The highest BCUT2D eigenvalue weighted by Crippen LogP contribution is 2.48. The summed E-state index contributed by atoms with van der Waals surface area (Å²) in [6, 6.07) is 17.3. The highest BCUT2D eigenvalue weighted by Gasteiger charge is 2.50. The van der Waals surface area contributed by atoms with Gasteiger partial charge in [0.1, 0.15) is 0 Å². The second-order valence-corrected chi connectivity index (χ2v) is 5.88. The van der Waals surface area contributed by atoms with Gasteiger partial charge >= 0.3 is 0 Å². The maximum atomic E-state index is 12.4. The summed E-state index contributed by atoms with van der Waals surface area (Å²) in [6.07, 6.45) is 1.76. The van der Waals surface area contributed by atoms with Crippen LogP contribution in [-0.4, -0.2) is 12.5 Å². The van der Waals surface area contributed by atoms with Crippen LogP contribution in [-0.2, 0) is 10.2 Å². The van der Waals surface area contributed by atoms with Gasteiger partial charge < -0.3 is 5.32 Å². The fraction of sp³-hybridized carbons (Fsp3) is 0.211. The minimum Gasteiger partial charge on any atom is -0.344 e. The number of hydrogen-bond donors (Lipinski definition) is 1. The molecule has 3 heteroatoms. The zero-order chi connectivity index (χ0) is 15.4. The molecule has 0 radical (unpaired) electrons. The first-order chi connectivity index (χ1) is 10.7. The van der Waals surface area contributed by atoms with Crippen LogP contribution in [0.3, 0.4) is 0 Å². The van der Waals surface area contributed by atoms with Crippen LogP contribution in [0.5, 0.6) is 0 Å². The molecule has 1 amide bonds. The largest absolute Gasteiger partial charge is 0.344 e. The molecule has 3 rings (SSSR count). The number of amides is 1. The summed E-state index contributed by atoms with van der Waals surface area (Å²) in [5.74, 6) is 6.08. The molecule has 0 saturated heterocycles. The van der Waals surface area contributed by atoms with Crippen molar-refractivity contribution in [3.05, 3.63) is 70.7 Å². The fourth-order valence-electron chi connectivity index (χ4n) is 2.50. The van der Waals surface area contributed by atoms with Crippen LogP contribution in [0.15, 0.2) is 54.6 Å². The smallest absolute Gasteiger partial charge is 0.231 e. The topological polar surface area (TPSA) is 29.1 Å². The van der Waals surface area contributed by atoms with Gasteiger partial charge in [-0.15, -0.1) is 0 Å². The first-order valence-electron chi connectivity index (χ1n) is 7.29. The molecule has 0 aromatic heterocycles. The second-order valence-electron chi connectivity index (χ2n) is 5.44. The van der Waals surface area contributed by atoms with E-state index in [9.17, 15) is 4.79 Å². The highest BCUT2D eigenvalue weighted by atomic mass is 35.5. The molecule has 1 aliphatic carbocycles. The molecule has 1 N–H and O–H groups in total. The Morgan fingerprint density at radius 2 is 1.77 bits per heavy atom. The zero-order valence-corrected chi connectivity index (χ0v) is 12.9. The monoisotopic (exact) mass is 309 g/mol.